The summed E-state index contributed by atoms with van der Waals surface area (Å²) in [6.07, 6.45) is 2.12. The highest BCUT2D eigenvalue weighted by molar-refractivity contribution is 6.35. The minimum absolute atomic E-state index is 0.116. The van der Waals surface area contributed by atoms with Gasteiger partial charge in [-0.25, -0.2) is 0 Å². The monoisotopic (exact) mass is 366 g/mol. The fraction of sp³-hybridized carbons (Fsp3) is 0.278. The van der Waals surface area contributed by atoms with Crippen LogP contribution in [0.3, 0.4) is 0 Å². The molecule has 2 aromatic rings. The van der Waals surface area contributed by atoms with Crippen LogP contribution in [0.25, 0.3) is 0 Å². The molecule has 0 unspecified atom stereocenters. The smallest absolute Gasteiger partial charge is 0.243 e. The minimum Gasteiger partial charge on any atom is -0.494 e. The van der Waals surface area contributed by atoms with Crippen LogP contribution < -0.4 is 15.4 Å². The molecule has 0 saturated heterocycles. The molecular weight excluding hydrogens is 347 g/mol. The van der Waals surface area contributed by atoms with E-state index in [2.05, 4.69) is 17.6 Å². The molecule has 0 atom stereocenters. The van der Waals surface area contributed by atoms with Gasteiger partial charge in [-0.05, 0) is 48.9 Å². The number of unbranched alkanes of at least 4 members (excludes halogenated alkanes) is 1. The van der Waals surface area contributed by atoms with Crippen LogP contribution in [0.1, 0.15) is 19.8 Å². The molecule has 2 aromatic carbocycles. The lowest BCUT2D eigenvalue weighted by Crippen LogP contribution is -2.21. The maximum atomic E-state index is 12.0. The van der Waals surface area contributed by atoms with Crippen molar-refractivity contribution in [1.82, 2.24) is 0 Å². The molecule has 0 radical (unpaired) electrons. The SMILES string of the molecule is CCCCOc1ccc(NC(=O)CNc2cc(Cl)cc(Cl)c2)cc1. The van der Waals surface area contributed by atoms with E-state index in [9.17, 15) is 4.79 Å². The lowest BCUT2D eigenvalue weighted by Gasteiger charge is -2.10. The van der Waals surface area contributed by atoms with Crippen molar-refractivity contribution >= 4 is 40.5 Å². The van der Waals surface area contributed by atoms with E-state index in [1.807, 2.05) is 24.3 Å². The van der Waals surface area contributed by atoms with Crippen molar-refractivity contribution in [3.63, 3.8) is 0 Å². The van der Waals surface area contributed by atoms with Gasteiger partial charge in [0.25, 0.3) is 0 Å². The van der Waals surface area contributed by atoms with Gasteiger partial charge in [-0.2, -0.15) is 0 Å². The van der Waals surface area contributed by atoms with Gasteiger partial charge >= 0.3 is 0 Å². The fourth-order valence-electron chi connectivity index (χ4n) is 2.01. The van der Waals surface area contributed by atoms with Crippen molar-refractivity contribution in [1.29, 1.82) is 0 Å². The second kappa shape index (κ2) is 9.40. The third kappa shape index (κ3) is 6.30. The minimum atomic E-state index is -0.161. The highest BCUT2D eigenvalue weighted by Gasteiger charge is 2.04. The van der Waals surface area contributed by atoms with E-state index in [-0.39, 0.29) is 12.5 Å². The number of hydrogen-bond acceptors (Lipinski definition) is 3. The normalized spacial score (nSPS) is 10.3. The summed E-state index contributed by atoms with van der Waals surface area (Å²) < 4.78 is 5.58. The Morgan fingerprint density at radius 3 is 2.33 bits per heavy atom. The van der Waals surface area contributed by atoms with Gasteiger partial charge in [-0.15, -0.1) is 0 Å². The van der Waals surface area contributed by atoms with Crippen LogP contribution in [-0.2, 0) is 4.79 Å². The number of nitrogens with one attached hydrogen (secondary N) is 2. The highest BCUT2D eigenvalue weighted by Crippen LogP contribution is 2.22. The van der Waals surface area contributed by atoms with Gasteiger partial charge in [0.1, 0.15) is 5.75 Å². The molecule has 2 rings (SSSR count). The Labute approximate surface area is 152 Å². The number of ether oxygens (including phenoxy) is 1. The first-order chi connectivity index (χ1) is 11.6. The molecule has 0 bridgehead atoms. The van der Waals surface area contributed by atoms with E-state index in [1.165, 1.54) is 0 Å². The van der Waals surface area contributed by atoms with Crippen molar-refractivity contribution in [2.24, 2.45) is 0 Å². The van der Waals surface area contributed by atoms with Gasteiger partial charge in [-0.3, -0.25) is 4.79 Å². The zero-order valence-electron chi connectivity index (χ0n) is 13.4. The Hall–Kier alpha value is -1.91. The third-order valence-electron chi connectivity index (χ3n) is 3.22. The number of hydrogen-bond donors (Lipinski definition) is 2. The molecule has 0 aliphatic rings. The number of amides is 1. The van der Waals surface area contributed by atoms with Crippen molar-refractivity contribution in [3.8, 4) is 5.75 Å². The van der Waals surface area contributed by atoms with Gasteiger partial charge in [-0.1, -0.05) is 36.5 Å². The first-order valence-electron chi connectivity index (χ1n) is 7.79. The van der Waals surface area contributed by atoms with E-state index >= 15 is 0 Å². The van der Waals surface area contributed by atoms with E-state index in [1.54, 1.807) is 18.2 Å². The van der Waals surface area contributed by atoms with Gasteiger partial charge < -0.3 is 15.4 Å². The molecule has 4 nitrogen and oxygen atoms in total. The van der Waals surface area contributed by atoms with Crippen LogP contribution in [0, 0.1) is 0 Å². The average Bonchev–Trinajstić information content (AvgIpc) is 2.54. The molecule has 0 fully saturated rings. The average molecular weight is 367 g/mol. The summed E-state index contributed by atoms with van der Waals surface area (Å²) in [7, 11) is 0. The summed E-state index contributed by atoms with van der Waals surface area (Å²) in [5.41, 5.74) is 1.41. The lowest BCUT2D eigenvalue weighted by atomic mass is 10.3. The maximum absolute atomic E-state index is 12.0. The van der Waals surface area contributed by atoms with Gasteiger partial charge in [0.15, 0.2) is 0 Å². The predicted octanol–water partition coefficient (Wildman–Crippen LogP) is 5.22. The quantitative estimate of drug-likeness (QED) is 0.629. The first-order valence-corrected chi connectivity index (χ1v) is 8.55. The third-order valence-corrected chi connectivity index (χ3v) is 3.66. The topological polar surface area (TPSA) is 50.4 Å². The molecule has 0 aliphatic heterocycles. The molecule has 0 saturated carbocycles. The summed E-state index contributed by atoms with van der Waals surface area (Å²) in [4.78, 5) is 12.0. The fourth-order valence-corrected chi connectivity index (χ4v) is 2.54. The van der Waals surface area contributed by atoms with Gasteiger partial charge in [0, 0.05) is 21.4 Å². The molecule has 0 heterocycles. The number of rotatable bonds is 8. The van der Waals surface area contributed by atoms with Crippen molar-refractivity contribution in [2.45, 2.75) is 19.8 Å². The predicted molar refractivity (Wildman–Crippen MR) is 100 cm³/mol. The van der Waals surface area contributed by atoms with Crippen LogP contribution >= 0.6 is 23.2 Å². The molecule has 0 aromatic heterocycles. The van der Waals surface area contributed by atoms with Crippen molar-refractivity contribution in [3.05, 3.63) is 52.5 Å². The Kier molecular flexibility index (Phi) is 7.22. The molecule has 0 spiro atoms. The number of halogens is 2. The van der Waals surface area contributed by atoms with Crippen molar-refractivity contribution in [2.75, 3.05) is 23.8 Å². The van der Waals surface area contributed by atoms with E-state index < -0.39 is 0 Å². The van der Waals surface area contributed by atoms with E-state index in [0.717, 1.165) is 18.6 Å². The van der Waals surface area contributed by atoms with Gasteiger partial charge in [0.05, 0.1) is 13.2 Å². The van der Waals surface area contributed by atoms with E-state index in [0.29, 0.717) is 28.0 Å². The van der Waals surface area contributed by atoms with E-state index in [4.69, 9.17) is 27.9 Å². The molecule has 6 heteroatoms. The Balaban J connectivity index is 1.81. The standard InChI is InChI=1S/C18H20Cl2N2O2/c1-2-3-8-24-17-6-4-15(5-7-17)22-18(23)12-21-16-10-13(19)9-14(20)11-16/h4-7,9-11,21H,2-3,8,12H2,1H3,(H,22,23). The zero-order valence-corrected chi connectivity index (χ0v) is 15.0. The Morgan fingerprint density at radius 2 is 1.71 bits per heavy atom. The highest BCUT2D eigenvalue weighted by atomic mass is 35.5. The number of carbonyl (C=O) groups excluding carboxylic acids is 1. The van der Waals surface area contributed by atoms with Crippen LogP contribution in [0.4, 0.5) is 11.4 Å². The zero-order chi connectivity index (χ0) is 17.4. The summed E-state index contributed by atoms with van der Waals surface area (Å²) in [6, 6.07) is 12.4. The van der Waals surface area contributed by atoms with Crippen LogP contribution in [-0.4, -0.2) is 19.1 Å². The molecule has 0 aliphatic carbocycles. The Bertz CT molecular complexity index is 655. The summed E-state index contributed by atoms with van der Waals surface area (Å²) in [6.45, 7) is 2.94. The summed E-state index contributed by atoms with van der Waals surface area (Å²) in [5.74, 6) is 0.638. The van der Waals surface area contributed by atoms with Crippen LogP contribution in [0.15, 0.2) is 42.5 Å². The summed E-state index contributed by atoms with van der Waals surface area (Å²) in [5, 5.41) is 6.83. The second-order valence-corrected chi connectivity index (χ2v) is 6.16. The summed E-state index contributed by atoms with van der Waals surface area (Å²) >= 11 is 11.8. The van der Waals surface area contributed by atoms with Crippen molar-refractivity contribution < 1.29 is 9.53 Å². The van der Waals surface area contributed by atoms with Gasteiger partial charge in [0.2, 0.25) is 5.91 Å². The Morgan fingerprint density at radius 1 is 1.04 bits per heavy atom. The molecular formula is C18H20Cl2N2O2. The molecule has 24 heavy (non-hydrogen) atoms. The lowest BCUT2D eigenvalue weighted by molar-refractivity contribution is -0.114. The molecule has 1 amide bonds. The first kappa shape index (κ1) is 18.4. The van der Waals surface area contributed by atoms with Crippen LogP contribution in [0.2, 0.25) is 10.0 Å². The molecule has 128 valence electrons. The largest absolute Gasteiger partial charge is 0.494 e. The molecule has 2 N–H and O–H groups in total. The maximum Gasteiger partial charge on any atom is 0.243 e. The van der Waals surface area contributed by atoms with Crippen LogP contribution in [0.5, 0.6) is 5.75 Å². The second-order valence-electron chi connectivity index (χ2n) is 5.29. The number of benzene rings is 2. The number of carbonyl (C=O) groups is 1. The number of anilines is 2.